The molecule has 1 aromatic carbocycles. The van der Waals surface area contributed by atoms with Gasteiger partial charge in [0.05, 0.1) is 49.0 Å². The number of aromatic nitrogens is 5. The van der Waals surface area contributed by atoms with Crippen LogP contribution in [0.3, 0.4) is 0 Å². The number of hydrogen-bond acceptors (Lipinski definition) is 10. The number of rotatable bonds is 12. The Labute approximate surface area is 288 Å². The maximum Gasteiger partial charge on any atom is 0.416 e. The fourth-order valence-electron chi connectivity index (χ4n) is 7.10. The Morgan fingerprint density at radius 3 is 2.44 bits per heavy atom. The molecule has 2 aliphatic rings. The van der Waals surface area contributed by atoms with E-state index in [-0.39, 0.29) is 28.3 Å². The monoisotopic (exact) mass is 698 g/mol. The number of carbonyl (C=O) groups is 1. The molecular weight excluding hydrogens is 656 g/mol. The first kappa shape index (κ1) is 35.5. The maximum atomic E-state index is 14.5. The van der Waals surface area contributed by atoms with Crippen molar-refractivity contribution in [1.82, 2.24) is 29.8 Å². The number of piperazine rings is 1. The van der Waals surface area contributed by atoms with E-state index in [0.29, 0.717) is 67.3 Å². The quantitative estimate of drug-likeness (QED) is 0.141. The zero-order valence-corrected chi connectivity index (χ0v) is 28.5. The van der Waals surface area contributed by atoms with Gasteiger partial charge in [0.1, 0.15) is 22.8 Å². The second-order valence-corrected chi connectivity index (χ2v) is 13.2. The number of carbonyl (C=O) groups excluding carboxylic acids is 1. The van der Waals surface area contributed by atoms with Crippen LogP contribution in [0.2, 0.25) is 0 Å². The molecule has 0 atom stereocenters. The summed E-state index contributed by atoms with van der Waals surface area (Å²) in [5.41, 5.74) is 0.946. The molecule has 268 valence electrons. The van der Waals surface area contributed by atoms with Crippen LogP contribution in [0.25, 0.3) is 33.9 Å². The van der Waals surface area contributed by atoms with E-state index in [2.05, 4.69) is 29.7 Å². The maximum absolute atomic E-state index is 14.5. The fourth-order valence-corrected chi connectivity index (χ4v) is 7.10. The number of fused-ring (bicyclic) bond motifs is 1. The molecule has 3 aromatic heterocycles. The lowest BCUT2D eigenvalue weighted by atomic mass is 9.86. The van der Waals surface area contributed by atoms with Crippen molar-refractivity contribution in [3.8, 4) is 22.8 Å². The predicted molar refractivity (Wildman–Crippen MR) is 181 cm³/mol. The van der Waals surface area contributed by atoms with Crippen LogP contribution in [0, 0.1) is 11.2 Å². The molecule has 0 bridgehead atoms. The summed E-state index contributed by atoms with van der Waals surface area (Å²) in [5, 5.41) is 0. The molecule has 0 radical (unpaired) electrons. The molecule has 1 aliphatic heterocycles. The number of anilines is 2. The summed E-state index contributed by atoms with van der Waals surface area (Å²) in [6.07, 6.45) is 3.10. The van der Waals surface area contributed by atoms with Gasteiger partial charge in [-0.15, -0.1) is 0 Å². The second kappa shape index (κ2) is 14.9. The Balaban J connectivity index is 1.28. The van der Waals surface area contributed by atoms with Crippen molar-refractivity contribution in [2.45, 2.75) is 45.2 Å². The third kappa shape index (κ3) is 7.99. The molecule has 4 aromatic rings. The van der Waals surface area contributed by atoms with Gasteiger partial charge in [-0.1, -0.05) is 12.8 Å². The standard InChI is InChI=1S/C35H42F4N8O3/c1-4-50-30(48)7-10-46-11-13-47(14-12-46)29-20-40-27(19-41-29)32-43-31-28(45(2)21-34(22-49-3)8-5-6-9-34)18-26(42-33(31)44-32)23-15-24(35(37,38)39)17-25(36)16-23/h15-20H,4-14,21-22H2,1-3H3,(H,42,43,44). The zero-order valence-electron chi connectivity index (χ0n) is 28.5. The molecule has 2 fully saturated rings. The smallest absolute Gasteiger partial charge is 0.416 e. The third-order valence-corrected chi connectivity index (χ3v) is 9.57. The number of H-pyrrole nitrogens is 1. The molecule has 11 nitrogen and oxygen atoms in total. The van der Waals surface area contributed by atoms with E-state index in [1.54, 1.807) is 32.5 Å². The van der Waals surface area contributed by atoms with Crippen LogP contribution in [0.5, 0.6) is 0 Å². The van der Waals surface area contributed by atoms with Crippen molar-refractivity contribution in [2.75, 3.05) is 76.4 Å². The van der Waals surface area contributed by atoms with E-state index in [1.165, 1.54) is 0 Å². The number of imidazole rings is 1. The fraction of sp³-hybridized carbons (Fsp3) is 0.514. The Hall–Kier alpha value is -4.37. The van der Waals surface area contributed by atoms with E-state index in [1.807, 2.05) is 11.9 Å². The van der Waals surface area contributed by atoms with E-state index in [9.17, 15) is 22.4 Å². The summed E-state index contributed by atoms with van der Waals surface area (Å²) >= 11 is 0. The van der Waals surface area contributed by atoms with Crippen molar-refractivity contribution in [3.05, 3.63) is 48.0 Å². The van der Waals surface area contributed by atoms with Gasteiger partial charge in [-0.3, -0.25) is 9.69 Å². The van der Waals surface area contributed by atoms with Crippen LogP contribution in [0.4, 0.5) is 29.1 Å². The number of halogens is 4. The van der Waals surface area contributed by atoms with Gasteiger partial charge in [-0.2, -0.15) is 13.2 Å². The number of ether oxygens (including phenoxy) is 2. The van der Waals surface area contributed by atoms with Gasteiger partial charge in [0, 0.05) is 64.4 Å². The highest BCUT2D eigenvalue weighted by Crippen LogP contribution is 2.41. The Bertz CT molecular complexity index is 1790. The SMILES string of the molecule is CCOC(=O)CCN1CCN(c2cnc(-c3nc4nc(-c5cc(F)cc(C(F)(F)F)c5)cc(N(C)CC5(COC)CCCC5)c4[nH]3)cn2)CC1. The number of aromatic amines is 1. The minimum atomic E-state index is -4.72. The first-order valence-corrected chi connectivity index (χ1v) is 16.9. The first-order chi connectivity index (χ1) is 24.0. The van der Waals surface area contributed by atoms with Gasteiger partial charge in [0.25, 0.3) is 0 Å². The molecule has 6 rings (SSSR count). The summed E-state index contributed by atoms with van der Waals surface area (Å²) in [7, 11) is 3.61. The summed E-state index contributed by atoms with van der Waals surface area (Å²) in [6.45, 7) is 7.04. The largest absolute Gasteiger partial charge is 0.466 e. The lowest BCUT2D eigenvalue weighted by Crippen LogP contribution is -2.47. The van der Waals surface area contributed by atoms with Crippen molar-refractivity contribution in [2.24, 2.45) is 5.41 Å². The van der Waals surface area contributed by atoms with Crippen LogP contribution < -0.4 is 9.80 Å². The van der Waals surface area contributed by atoms with E-state index in [0.717, 1.165) is 64.0 Å². The Morgan fingerprint density at radius 1 is 1.02 bits per heavy atom. The van der Waals surface area contributed by atoms with E-state index >= 15 is 0 Å². The second-order valence-electron chi connectivity index (χ2n) is 13.2. The highest BCUT2D eigenvalue weighted by Gasteiger charge is 2.36. The van der Waals surface area contributed by atoms with Gasteiger partial charge < -0.3 is 24.3 Å². The molecule has 1 saturated carbocycles. The molecule has 15 heteroatoms. The zero-order chi connectivity index (χ0) is 35.5. The minimum Gasteiger partial charge on any atom is -0.466 e. The minimum absolute atomic E-state index is 0.00368. The summed E-state index contributed by atoms with van der Waals surface area (Å²) in [4.78, 5) is 40.0. The van der Waals surface area contributed by atoms with Crippen LogP contribution in [-0.4, -0.2) is 102 Å². The van der Waals surface area contributed by atoms with Crippen molar-refractivity contribution in [3.63, 3.8) is 0 Å². The lowest BCUT2D eigenvalue weighted by molar-refractivity contribution is -0.143. The average Bonchev–Trinajstić information content (AvgIpc) is 3.74. The molecule has 0 unspecified atom stereocenters. The van der Waals surface area contributed by atoms with Gasteiger partial charge >= 0.3 is 12.1 Å². The van der Waals surface area contributed by atoms with Crippen LogP contribution in [0.15, 0.2) is 36.7 Å². The Kier molecular flexibility index (Phi) is 10.5. The normalized spacial score (nSPS) is 16.7. The van der Waals surface area contributed by atoms with Crippen LogP contribution in [-0.2, 0) is 20.4 Å². The lowest BCUT2D eigenvalue weighted by Gasteiger charge is -2.35. The number of methoxy groups -OCH3 is 1. The molecule has 1 aliphatic carbocycles. The number of esters is 1. The average molecular weight is 699 g/mol. The summed E-state index contributed by atoms with van der Waals surface area (Å²) in [5.74, 6) is -0.0968. The van der Waals surface area contributed by atoms with Gasteiger partial charge in [-0.05, 0) is 44.0 Å². The first-order valence-electron chi connectivity index (χ1n) is 16.9. The van der Waals surface area contributed by atoms with Gasteiger partial charge in [0.15, 0.2) is 11.5 Å². The molecule has 4 heterocycles. The number of pyridine rings is 1. The van der Waals surface area contributed by atoms with Crippen LogP contribution >= 0.6 is 0 Å². The molecule has 0 amide bonds. The summed E-state index contributed by atoms with van der Waals surface area (Å²) < 4.78 is 66.1. The number of alkyl halides is 3. The van der Waals surface area contributed by atoms with Crippen molar-refractivity contribution >= 4 is 28.6 Å². The predicted octanol–water partition coefficient (Wildman–Crippen LogP) is 5.96. The van der Waals surface area contributed by atoms with Gasteiger partial charge in [-0.25, -0.2) is 24.3 Å². The molecule has 1 saturated heterocycles. The molecule has 0 spiro atoms. The van der Waals surface area contributed by atoms with Crippen molar-refractivity contribution < 1.29 is 31.8 Å². The van der Waals surface area contributed by atoms with Crippen molar-refractivity contribution in [1.29, 1.82) is 0 Å². The van der Waals surface area contributed by atoms with Crippen LogP contribution in [0.1, 0.15) is 44.6 Å². The molecular formula is C35H42F4N8O3. The number of nitrogens with zero attached hydrogens (tertiary/aromatic N) is 7. The summed E-state index contributed by atoms with van der Waals surface area (Å²) in [6, 6.07) is 4.11. The highest BCUT2D eigenvalue weighted by atomic mass is 19.4. The van der Waals surface area contributed by atoms with Gasteiger partial charge in [0.2, 0.25) is 0 Å². The topological polar surface area (TPSA) is 113 Å². The highest BCUT2D eigenvalue weighted by molar-refractivity contribution is 5.91. The number of nitrogens with one attached hydrogen (secondary N) is 1. The molecule has 50 heavy (non-hydrogen) atoms. The number of hydrogen-bond donors (Lipinski definition) is 1. The Morgan fingerprint density at radius 2 is 1.78 bits per heavy atom. The van der Waals surface area contributed by atoms with E-state index in [4.69, 9.17) is 14.5 Å². The third-order valence-electron chi connectivity index (χ3n) is 9.57. The number of benzene rings is 1. The molecule has 1 N–H and O–H groups in total. The van der Waals surface area contributed by atoms with E-state index < -0.39 is 17.6 Å².